The number of esters is 1. The standard InChI is InChI=1S/C16H34N2O2/c1-6-10-12-18(14(5)8-3)13-15(17-11-7-2)16(19)20-9-4/h14-15,17H,6-13H2,1-5H3. The van der Waals surface area contributed by atoms with Gasteiger partial charge in [0.25, 0.3) is 0 Å². The molecular weight excluding hydrogens is 252 g/mol. The van der Waals surface area contributed by atoms with E-state index in [9.17, 15) is 4.79 Å². The molecule has 0 aromatic carbocycles. The molecule has 0 saturated carbocycles. The Labute approximate surface area is 125 Å². The van der Waals surface area contributed by atoms with E-state index in [1.807, 2.05) is 6.92 Å². The van der Waals surface area contributed by atoms with Gasteiger partial charge in [0.15, 0.2) is 0 Å². The SMILES string of the molecule is CCCCN(CC(NCCC)C(=O)OCC)C(C)CC. The lowest BCUT2D eigenvalue weighted by atomic mass is 10.1. The van der Waals surface area contributed by atoms with Crippen LogP contribution in [-0.2, 0) is 9.53 Å². The zero-order valence-electron chi connectivity index (χ0n) is 14.1. The first-order valence-electron chi connectivity index (χ1n) is 8.24. The average molecular weight is 286 g/mol. The molecule has 0 aromatic heterocycles. The highest BCUT2D eigenvalue weighted by Gasteiger charge is 2.24. The zero-order chi connectivity index (χ0) is 15.4. The predicted molar refractivity (Wildman–Crippen MR) is 84.9 cm³/mol. The third-order valence-electron chi connectivity index (χ3n) is 3.64. The van der Waals surface area contributed by atoms with Crippen LogP contribution in [0.1, 0.15) is 60.3 Å². The summed E-state index contributed by atoms with van der Waals surface area (Å²) in [7, 11) is 0. The summed E-state index contributed by atoms with van der Waals surface area (Å²) in [6.45, 7) is 13.7. The number of carbonyl (C=O) groups excluding carboxylic acids is 1. The third kappa shape index (κ3) is 7.85. The number of hydrogen-bond acceptors (Lipinski definition) is 4. The minimum absolute atomic E-state index is 0.120. The summed E-state index contributed by atoms with van der Waals surface area (Å²) >= 11 is 0. The van der Waals surface area contributed by atoms with Gasteiger partial charge in [-0.25, -0.2) is 0 Å². The lowest BCUT2D eigenvalue weighted by Crippen LogP contribution is -2.49. The largest absolute Gasteiger partial charge is 0.465 e. The zero-order valence-corrected chi connectivity index (χ0v) is 14.1. The topological polar surface area (TPSA) is 41.6 Å². The van der Waals surface area contributed by atoms with Crippen LogP contribution in [0.2, 0.25) is 0 Å². The lowest BCUT2D eigenvalue weighted by Gasteiger charge is -2.31. The first-order chi connectivity index (χ1) is 9.60. The van der Waals surface area contributed by atoms with Gasteiger partial charge in [-0.3, -0.25) is 9.69 Å². The van der Waals surface area contributed by atoms with Gasteiger partial charge in [0, 0.05) is 12.6 Å². The van der Waals surface area contributed by atoms with E-state index in [0.29, 0.717) is 12.6 Å². The number of unbranched alkanes of at least 4 members (excludes halogenated alkanes) is 1. The fraction of sp³-hybridized carbons (Fsp3) is 0.938. The van der Waals surface area contributed by atoms with Gasteiger partial charge in [0.05, 0.1) is 6.61 Å². The van der Waals surface area contributed by atoms with Gasteiger partial charge >= 0.3 is 5.97 Å². The minimum Gasteiger partial charge on any atom is -0.465 e. The fourth-order valence-electron chi connectivity index (χ4n) is 2.13. The van der Waals surface area contributed by atoms with Crippen LogP contribution in [0.4, 0.5) is 0 Å². The highest BCUT2D eigenvalue weighted by atomic mass is 16.5. The molecule has 0 aromatic rings. The number of carbonyl (C=O) groups is 1. The number of nitrogens with zero attached hydrogens (tertiary/aromatic N) is 1. The van der Waals surface area contributed by atoms with Crippen LogP contribution in [0.5, 0.6) is 0 Å². The lowest BCUT2D eigenvalue weighted by molar-refractivity contribution is -0.146. The minimum atomic E-state index is -0.208. The Hall–Kier alpha value is -0.610. The molecule has 0 fully saturated rings. The van der Waals surface area contributed by atoms with Crippen molar-refractivity contribution in [3.05, 3.63) is 0 Å². The van der Waals surface area contributed by atoms with Crippen LogP contribution in [0.15, 0.2) is 0 Å². The van der Waals surface area contributed by atoms with Gasteiger partial charge in [-0.15, -0.1) is 0 Å². The molecule has 2 unspecified atom stereocenters. The maximum absolute atomic E-state index is 12.1. The van der Waals surface area contributed by atoms with Crippen molar-refractivity contribution < 1.29 is 9.53 Å². The third-order valence-corrected chi connectivity index (χ3v) is 3.64. The van der Waals surface area contributed by atoms with Gasteiger partial charge in [-0.1, -0.05) is 27.2 Å². The molecule has 0 aliphatic rings. The summed E-state index contributed by atoms with van der Waals surface area (Å²) < 4.78 is 5.19. The van der Waals surface area contributed by atoms with Gasteiger partial charge in [-0.05, 0) is 46.2 Å². The van der Waals surface area contributed by atoms with Crippen molar-refractivity contribution in [2.45, 2.75) is 72.4 Å². The number of ether oxygens (including phenoxy) is 1. The van der Waals surface area contributed by atoms with E-state index in [4.69, 9.17) is 4.74 Å². The highest BCUT2D eigenvalue weighted by Crippen LogP contribution is 2.08. The number of hydrogen-bond donors (Lipinski definition) is 1. The van der Waals surface area contributed by atoms with Gasteiger partial charge in [-0.2, -0.15) is 0 Å². The molecule has 0 radical (unpaired) electrons. The number of rotatable bonds is 12. The molecular formula is C16H34N2O2. The molecule has 0 bridgehead atoms. The normalized spacial score (nSPS) is 14.3. The molecule has 0 aliphatic heterocycles. The summed E-state index contributed by atoms with van der Waals surface area (Å²) in [5, 5.41) is 3.32. The Bertz CT molecular complexity index is 247. The summed E-state index contributed by atoms with van der Waals surface area (Å²) in [5.41, 5.74) is 0. The quantitative estimate of drug-likeness (QED) is 0.560. The maximum atomic E-state index is 12.1. The highest BCUT2D eigenvalue weighted by molar-refractivity contribution is 5.76. The summed E-state index contributed by atoms with van der Waals surface area (Å²) in [6.07, 6.45) is 4.48. The molecule has 2 atom stereocenters. The molecule has 0 saturated heterocycles. The van der Waals surface area contributed by atoms with Crippen molar-refractivity contribution in [1.29, 1.82) is 0 Å². The van der Waals surface area contributed by atoms with E-state index in [0.717, 1.165) is 32.5 Å². The molecule has 120 valence electrons. The van der Waals surface area contributed by atoms with E-state index in [2.05, 4.69) is 37.9 Å². The first-order valence-corrected chi connectivity index (χ1v) is 8.24. The van der Waals surface area contributed by atoms with E-state index in [1.54, 1.807) is 0 Å². The van der Waals surface area contributed by atoms with Crippen molar-refractivity contribution in [2.75, 3.05) is 26.2 Å². The molecule has 20 heavy (non-hydrogen) atoms. The Balaban J connectivity index is 4.62. The second-order valence-electron chi connectivity index (χ2n) is 5.36. The van der Waals surface area contributed by atoms with Crippen molar-refractivity contribution in [3.8, 4) is 0 Å². The fourth-order valence-corrected chi connectivity index (χ4v) is 2.13. The first kappa shape index (κ1) is 19.4. The summed E-state index contributed by atoms with van der Waals surface area (Å²) in [5.74, 6) is -0.120. The Morgan fingerprint density at radius 2 is 1.90 bits per heavy atom. The van der Waals surface area contributed by atoms with Crippen LogP contribution in [0, 0.1) is 0 Å². The van der Waals surface area contributed by atoms with Gasteiger partial charge in [0.1, 0.15) is 6.04 Å². The molecule has 0 heterocycles. The molecule has 4 heteroatoms. The Morgan fingerprint density at radius 1 is 1.20 bits per heavy atom. The van der Waals surface area contributed by atoms with Crippen LogP contribution >= 0.6 is 0 Å². The molecule has 1 N–H and O–H groups in total. The van der Waals surface area contributed by atoms with E-state index in [-0.39, 0.29) is 12.0 Å². The van der Waals surface area contributed by atoms with Crippen LogP contribution < -0.4 is 5.32 Å². The van der Waals surface area contributed by atoms with Crippen molar-refractivity contribution in [3.63, 3.8) is 0 Å². The van der Waals surface area contributed by atoms with Crippen molar-refractivity contribution in [2.24, 2.45) is 0 Å². The smallest absolute Gasteiger partial charge is 0.324 e. The Morgan fingerprint density at radius 3 is 2.40 bits per heavy atom. The van der Waals surface area contributed by atoms with Gasteiger partial charge < -0.3 is 10.1 Å². The molecule has 4 nitrogen and oxygen atoms in total. The Kier molecular flexibility index (Phi) is 11.8. The summed E-state index contributed by atoms with van der Waals surface area (Å²) in [6, 6.07) is 0.294. The van der Waals surface area contributed by atoms with Crippen LogP contribution in [-0.4, -0.2) is 49.2 Å². The van der Waals surface area contributed by atoms with E-state index < -0.39 is 0 Å². The van der Waals surface area contributed by atoms with E-state index in [1.165, 1.54) is 12.8 Å². The number of nitrogens with one attached hydrogen (secondary N) is 1. The van der Waals surface area contributed by atoms with Crippen molar-refractivity contribution >= 4 is 5.97 Å². The molecule has 0 aliphatic carbocycles. The molecule has 0 spiro atoms. The second kappa shape index (κ2) is 12.2. The maximum Gasteiger partial charge on any atom is 0.324 e. The van der Waals surface area contributed by atoms with Gasteiger partial charge in [0.2, 0.25) is 0 Å². The van der Waals surface area contributed by atoms with Crippen molar-refractivity contribution in [1.82, 2.24) is 10.2 Å². The van der Waals surface area contributed by atoms with Crippen LogP contribution in [0.3, 0.4) is 0 Å². The van der Waals surface area contributed by atoms with Crippen LogP contribution in [0.25, 0.3) is 0 Å². The van der Waals surface area contributed by atoms with E-state index >= 15 is 0 Å². The predicted octanol–water partition coefficient (Wildman–Crippen LogP) is 2.82. The average Bonchev–Trinajstić information content (AvgIpc) is 2.46. The second-order valence-corrected chi connectivity index (χ2v) is 5.36. The monoisotopic (exact) mass is 286 g/mol. The molecule has 0 rings (SSSR count). The molecule has 0 amide bonds. The summed E-state index contributed by atoms with van der Waals surface area (Å²) in [4.78, 5) is 14.5.